The Kier molecular flexibility index (Phi) is 6.15. The van der Waals surface area contributed by atoms with Gasteiger partial charge in [0.05, 0.1) is 25.8 Å². The molecule has 0 aliphatic rings. The molecule has 0 bridgehead atoms. The van der Waals surface area contributed by atoms with E-state index in [9.17, 15) is 4.79 Å². The van der Waals surface area contributed by atoms with Gasteiger partial charge >= 0.3 is 0 Å². The molecule has 1 N–H and O–H groups in total. The van der Waals surface area contributed by atoms with E-state index >= 15 is 0 Å². The Balaban J connectivity index is 1.57. The topological polar surface area (TPSA) is 56.8 Å². The maximum absolute atomic E-state index is 12.5. The Morgan fingerprint density at radius 3 is 2.19 bits per heavy atom. The van der Waals surface area contributed by atoms with Crippen LogP contribution >= 0.6 is 0 Å². The van der Waals surface area contributed by atoms with E-state index in [0.29, 0.717) is 31.1 Å². The fraction of sp³-hybridized carbons (Fsp3) is 0.227. The average Bonchev–Trinajstić information content (AvgIpc) is 2.71. The molecular formula is C22H23NO4. The van der Waals surface area contributed by atoms with E-state index in [4.69, 9.17) is 14.2 Å². The van der Waals surface area contributed by atoms with E-state index in [1.165, 1.54) is 0 Å². The molecule has 0 aliphatic carbocycles. The summed E-state index contributed by atoms with van der Waals surface area (Å²) in [5.74, 6) is 1.91. The zero-order chi connectivity index (χ0) is 19.1. The molecule has 0 heterocycles. The Hall–Kier alpha value is -3.21. The van der Waals surface area contributed by atoms with E-state index in [1.54, 1.807) is 7.11 Å². The van der Waals surface area contributed by atoms with E-state index in [0.717, 1.165) is 22.3 Å². The minimum Gasteiger partial charge on any atom is -0.496 e. The summed E-state index contributed by atoms with van der Waals surface area (Å²) in [6.45, 7) is 3.33. The van der Waals surface area contributed by atoms with Crippen LogP contribution < -0.4 is 19.5 Å². The smallest absolute Gasteiger partial charge is 0.255 e. The van der Waals surface area contributed by atoms with Gasteiger partial charge in [0.1, 0.15) is 23.9 Å². The SMILES string of the molecule is CCOc1ccc(OCCNC(=O)c2cc3ccccc3cc2OC)cc1. The summed E-state index contributed by atoms with van der Waals surface area (Å²) >= 11 is 0. The molecule has 0 spiro atoms. The number of carbonyl (C=O) groups is 1. The lowest BCUT2D eigenvalue weighted by Crippen LogP contribution is -2.28. The summed E-state index contributed by atoms with van der Waals surface area (Å²) in [5, 5.41) is 4.90. The Bertz CT molecular complexity index is 906. The van der Waals surface area contributed by atoms with Crippen LogP contribution in [0.15, 0.2) is 60.7 Å². The van der Waals surface area contributed by atoms with Crippen molar-refractivity contribution >= 4 is 16.7 Å². The van der Waals surface area contributed by atoms with Gasteiger partial charge in [-0.25, -0.2) is 0 Å². The normalized spacial score (nSPS) is 10.4. The molecule has 0 saturated carbocycles. The van der Waals surface area contributed by atoms with Gasteiger partial charge in [0.15, 0.2) is 0 Å². The van der Waals surface area contributed by atoms with E-state index < -0.39 is 0 Å². The molecular weight excluding hydrogens is 342 g/mol. The summed E-state index contributed by atoms with van der Waals surface area (Å²) < 4.78 is 16.4. The van der Waals surface area contributed by atoms with Crippen molar-refractivity contribution in [1.82, 2.24) is 5.32 Å². The van der Waals surface area contributed by atoms with Gasteiger partial charge in [-0.2, -0.15) is 0 Å². The third-order valence-corrected chi connectivity index (χ3v) is 4.10. The van der Waals surface area contributed by atoms with Crippen molar-refractivity contribution in [3.63, 3.8) is 0 Å². The number of ether oxygens (including phenoxy) is 3. The number of benzene rings is 3. The van der Waals surface area contributed by atoms with Gasteiger partial charge in [0, 0.05) is 0 Å². The number of rotatable bonds is 8. The molecule has 5 heteroatoms. The molecule has 0 aliphatic heterocycles. The van der Waals surface area contributed by atoms with Crippen LogP contribution in [-0.2, 0) is 0 Å². The van der Waals surface area contributed by atoms with Crippen molar-refractivity contribution in [2.45, 2.75) is 6.92 Å². The number of hydrogen-bond donors (Lipinski definition) is 1. The molecule has 0 aromatic heterocycles. The second-order valence-corrected chi connectivity index (χ2v) is 5.91. The van der Waals surface area contributed by atoms with Crippen LogP contribution in [0.1, 0.15) is 17.3 Å². The number of nitrogens with one attached hydrogen (secondary N) is 1. The second kappa shape index (κ2) is 8.94. The van der Waals surface area contributed by atoms with E-state index in [2.05, 4.69) is 5.32 Å². The molecule has 27 heavy (non-hydrogen) atoms. The number of methoxy groups -OCH3 is 1. The molecule has 3 aromatic rings. The molecule has 0 radical (unpaired) electrons. The van der Waals surface area contributed by atoms with Gasteiger partial charge in [0.2, 0.25) is 0 Å². The molecule has 0 fully saturated rings. The quantitative estimate of drug-likeness (QED) is 0.612. The van der Waals surface area contributed by atoms with Crippen LogP contribution in [0.25, 0.3) is 10.8 Å². The monoisotopic (exact) mass is 365 g/mol. The van der Waals surface area contributed by atoms with Gasteiger partial charge in [0.25, 0.3) is 5.91 Å². The first-order chi connectivity index (χ1) is 13.2. The highest BCUT2D eigenvalue weighted by molar-refractivity contribution is 6.01. The minimum absolute atomic E-state index is 0.187. The van der Waals surface area contributed by atoms with E-state index in [1.807, 2.05) is 67.6 Å². The number of hydrogen-bond acceptors (Lipinski definition) is 4. The van der Waals surface area contributed by atoms with Gasteiger partial charge < -0.3 is 19.5 Å². The van der Waals surface area contributed by atoms with Crippen molar-refractivity contribution in [3.05, 3.63) is 66.2 Å². The van der Waals surface area contributed by atoms with Crippen LogP contribution in [0.4, 0.5) is 0 Å². The van der Waals surface area contributed by atoms with Crippen molar-refractivity contribution < 1.29 is 19.0 Å². The zero-order valence-electron chi connectivity index (χ0n) is 15.5. The van der Waals surface area contributed by atoms with Crippen molar-refractivity contribution in [2.24, 2.45) is 0 Å². The van der Waals surface area contributed by atoms with Gasteiger partial charge in [-0.1, -0.05) is 24.3 Å². The van der Waals surface area contributed by atoms with E-state index in [-0.39, 0.29) is 5.91 Å². The Morgan fingerprint density at radius 1 is 0.926 bits per heavy atom. The van der Waals surface area contributed by atoms with Crippen LogP contribution in [0.2, 0.25) is 0 Å². The van der Waals surface area contributed by atoms with Crippen molar-refractivity contribution in [1.29, 1.82) is 0 Å². The lowest BCUT2D eigenvalue weighted by atomic mass is 10.1. The first-order valence-electron chi connectivity index (χ1n) is 8.92. The van der Waals surface area contributed by atoms with Crippen LogP contribution in [-0.4, -0.2) is 32.8 Å². The zero-order valence-corrected chi connectivity index (χ0v) is 15.5. The number of fused-ring (bicyclic) bond motifs is 1. The predicted molar refractivity (Wildman–Crippen MR) is 106 cm³/mol. The third kappa shape index (κ3) is 4.70. The predicted octanol–water partition coefficient (Wildman–Crippen LogP) is 4.06. The second-order valence-electron chi connectivity index (χ2n) is 5.91. The molecule has 3 rings (SSSR count). The Labute approximate surface area is 158 Å². The lowest BCUT2D eigenvalue weighted by molar-refractivity contribution is 0.0944. The Morgan fingerprint density at radius 2 is 1.56 bits per heavy atom. The first-order valence-corrected chi connectivity index (χ1v) is 8.92. The van der Waals surface area contributed by atoms with Crippen molar-refractivity contribution in [2.75, 3.05) is 26.9 Å². The molecule has 5 nitrogen and oxygen atoms in total. The van der Waals surface area contributed by atoms with Crippen molar-refractivity contribution in [3.8, 4) is 17.2 Å². The minimum atomic E-state index is -0.187. The average molecular weight is 365 g/mol. The van der Waals surface area contributed by atoms with Gasteiger partial charge in [-0.3, -0.25) is 4.79 Å². The molecule has 1 amide bonds. The number of amides is 1. The van der Waals surface area contributed by atoms with Crippen LogP contribution in [0.5, 0.6) is 17.2 Å². The summed E-state index contributed by atoms with van der Waals surface area (Å²) in [7, 11) is 1.57. The largest absolute Gasteiger partial charge is 0.496 e. The molecule has 3 aromatic carbocycles. The summed E-state index contributed by atoms with van der Waals surface area (Å²) in [6.07, 6.45) is 0. The third-order valence-electron chi connectivity index (χ3n) is 4.10. The van der Waals surface area contributed by atoms with Gasteiger partial charge in [-0.05, 0) is 54.1 Å². The number of carbonyl (C=O) groups excluding carboxylic acids is 1. The fourth-order valence-corrected chi connectivity index (χ4v) is 2.79. The maximum atomic E-state index is 12.5. The first kappa shape index (κ1) is 18.6. The fourth-order valence-electron chi connectivity index (χ4n) is 2.79. The molecule has 0 saturated heterocycles. The highest BCUT2D eigenvalue weighted by atomic mass is 16.5. The van der Waals surface area contributed by atoms with Crippen LogP contribution in [0.3, 0.4) is 0 Å². The standard InChI is InChI=1S/C22H23NO4/c1-3-26-18-8-10-19(11-9-18)27-13-12-23-22(24)20-14-16-6-4-5-7-17(16)15-21(20)25-2/h4-11,14-15H,3,12-13H2,1-2H3,(H,23,24). The molecule has 0 unspecified atom stereocenters. The summed E-state index contributed by atoms with van der Waals surface area (Å²) in [5.41, 5.74) is 0.511. The van der Waals surface area contributed by atoms with Crippen LogP contribution in [0, 0.1) is 0 Å². The summed E-state index contributed by atoms with van der Waals surface area (Å²) in [4.78, 5) is 12.5. The molecule has 0 atom stereocenters. The van der Waals surface area contributed by atoms with Gasteiger partial charge in [-0.15, -0.1) is 0 Å². The highest BCUT2D eigenvalue weighted by Gasteiger charge is 2.13. The summed E-state index contributed by atoms with van der Waals surface area (Å²) in [6, 6.07) is 19.0. The lowest BCUT2D eigenvalue weighted by Gasteiger charge is -2.12. The maximum Gasteiger partial charge on any atom is 0.255 e. The molecule has 140 valence electrons. The highest BCUT2D eigenvalue weighted by Crippen LogP contribution is 2.25.